The van der Waals surface area contributed by atoms with Gasteiger partial charge in [0.25, 0.3) is 0 Å². The maximum Gasteiger partial charge on any atom is 0.415 e. The Balaban J connectivity index is 1.88. The van der Waals surface area contributed by atoms with Crippen LogP contribution in [0.15, 0.2) is 15.6 Å². The molecule has 40 heavy (non-hydrogen) atoms. The number of fused-ring (bicyclic) bond motifs is 2. The van der Waals surface area contributed by atoms with Crippen molar-refractivity contribution >= 4 is 79.1 Å². The van der Waals surface area contributed by atoms with Gasteiger partial charge in [-0.3, -0.25) is 4.90 Å². The summed E-state index contributed by atoms with van der Waals surface area (Å²) in [5.74, 6) is -0.522. The van der Waals surface area contributed by atoms with Gasteiger partial charge in [0, 0.05) is 24.3 Å². The second kappa shape index (κ2) is 12.6. The van der Waals surface area contributed by atoms with E-state index in [0.717, 1.165) is 19.3 Å². The molecule has 2 amide bonds. The number of amides is 2. The van der Waals surface area contributed by atoms with E-state index in [-0.39, 0.29) is 40.5 Å². The number of nitrogens with zero attached hydrogens (tertiary/aromatic N) is 4. The highest BCUT2D eigenvalue weighted by Crippen LogP contribution is 2.49. The fourth-order valence-electron chi connectivity index (χ4n) is 5.31. The lowest BCUT2D eigenvalue weighted by atomic mass is 9.78. The van der Waals surface area contributed by atoms with E-state index in [9.17, 15) is 9.59 Å². The summed E-state index contributed by atoms with van der Waals surface area (Å²) in [6, 6.07) is 3.31. The molecule has 2 saturated heterocycles. The number of benzene rings is 1. The van der Waals surface area contributed by atoms with E-state index in [2.05, 4.69) is 49.6 Å². The lowest BCUT2D eigenvalue weighted by Crippen LogP contribution is -2.58. The van der Waals surface area contributed by atoms with Crippen LogP contribution in [0.2, 0.25) is 0 Å². The van der Waals surface area contributed by atoms with E-state index in [1.807, 2.05) is 19.2 Å². The largest absolute Gasteiger partial charge is 0.449 e. The number of pyridine rings is 1. The number of ether oxygens (including phenoxy) is 2. The van der Waals surface area contributed by atoms with Crippen LogP contribution in [0.4, 0.5) is 19.7 Å². The van der Waals surface area contributed by atoms with Crippen molar-refractivity contribution in [2.45, 2.75) is 82.5 Å². The summed E-state index contributed by atoms with van der Waals surface area (Å²) in [5, 5.41) is 10.2. The quantitative estimate of drug-likeness (QED) is 0.156. The van der Waals surface area contributed by atoms with Gasteiger partial charge in [-0.25, -0.2) is 19.0 Å². The van der Waals surface area contributed by atoms with Crippen molar-refractivity contribution in [3.8, 4) is 6.07 Å². The smallest absolute Gasteiger partial charge is 0.415 e. The molecule has 3 aliphatic rings. The third-order valence-electron chi connectivity index (χ3n) is 7.16. The molecule has 5 rings (SSSR count). The molecule has 8 nitrogen and oxygen atoms in total. The molecule has 1 aromatic carbocycles. The summed E-state index contributed by atoms with van der Waals surface area (Å²) in [4.78, 5) is 34.9. The van der Waals surface area contributed by atoms with Crippen molar-refractivity contribution in [1.82, 2.24) is 9.88 Å². The Kier molecular flexibility index (Phi) is 9.77. The van der Waals surface area contributed by atoms with Gasteiger partial charge in [-0.05, 0) is 96.4 Å². The van der Waals surface area contributed by atoms with Crippen LogP contribution in [-0.2, 0) is 15.9 Å². The molecule has 3 heterocycles. The summed E-state index contributed by atoms with van der Waals surface area (Å²) < 4.78 is 28.2. The monoisotopic (exact) mass is 746 g/mol. The standard InChI is InChI=1S/C28H33BrFIN4O4S/c1-6-7-11-38-26(36)34-14-16-13-18(34)23(16)35(27(37)39-28(2,3)4)24-17-12-15(9-8-10-32)19(29)20(30)22(17)33-25(40-5)21(24)31/h12,16,18,23H,6-9,11,13-14H2,1-5H3/t16-,18-,23+/m1/s1. The Morgan fingerprint density at radius 3 is 2.75 bits per heavy atom. The minimum atomic E-state index is -0.778. The van der Waals surface area contributed by atoms with Gasteiger partial charge in [0.1, 0.15) is 16.1 Å². The minimum absolute atomic E-state index is 0.0198. The van der Waals surface area contributed by atoms with Crippen molar-refractivity contribution in [3.63, 3.8) is 0 Å². The molecule has 2 aliphatic heterocycles. The number of nitriles is 1. The van der Waals surface area contributed by atoms with Gasteiger partial charge in [0.15, 0.2) is 5.82 Å². The summed E-state index contributed by atoms with van der Waals surface area (Å²) in [5.41, 5.74) is 0.474. The van der Waals surface area contributed by atoms with Gasteiger partial charge in [-0.2, -0.15) is 5.26 Å². The highest BCUT2D eigenvalue weighted by molar-refractivity contribution is 14.1. The number of halogens is 3. The van der Waals surface area contributed by atoms with Gasteiger partial charge in [0.2, 0.25) is 0 Å². The van der Waals surface area contributed by atoms with Gasteiger partial charge < -0.3 is 14.4 Å². The van der Waals surface area contributed by atoms with Crippen LogP contribution < -0.4 is 4.90 Å². The predicted molar refractivity (Wildman–Crippen MR) is 165 cm³/mol. The molecular formula is C28H33BrFIN4O4S. The van der Waals surface area contributed by atoms with Crippen molar-refractivity contribution < 1.29 is 23.5 Å². The molecule has 0 unspecified atom stereocenters. The third-order valence-corrected chi connectivity index (χ3v) is 10.1. The van der Waals surface area contributed by atoms with Crippen LogP contribution >= 0.6 is 50.3 Å². The number of hydrogen-bond donors (Lipinski definition) is 0. The van der Waals surface area contributed by atoms with E-state index in [0.29, 0.717) is 44.8 Å². The summed E-state index contributed by atoms with van der Waals surface area (Å²) in [6.07, 6.45) is 3.92. The van der Waals surface area contributed by atoms with Gasteiger partial charge >= 0.3 is 12.2 Å². The first kappa shape index (κ1) is 31.1. The average Bonchev–Trinajstić information content (AvgIpc) is 3.48. The number of thioether (sulfide) groups is 1. The number of carbonyl (C=O) groups is 2. The molecule has 0 N–H and O–H groups in total. The SMILES string of the molecule is CCCCOC(=O)N1C[C@H]2C[C@@H]1[C@H]2N(C(=O)OC(C)(C)C)c1c(I)c(SC)nc2c(F)c(Br)c(CCC#N)cc12. The molecule has 3 fully saturated rings. The van der Waals surface area contributed by atoms with Crippen LogP contribution in [0.5, 0.6) is 0 Å². The molecule has 0 radical (unpaired) electrons. The van der Waals surface area contributed by atoms with Crippen molar-refractivity contribution in [2.75, 3.05) is 24.3 Å². The number of unbranched alkanes of at least 4 members (excludes halogenated alkanes) is 1. The Labute approximate surface area is 260 Å². The predicted octanol–water partition coefficient (Wildman–Crippen LogP) is 7.67. The number of anilines is 1. The van der Waals surface area contributed by atoms with Crippen LogP contribution in [-0.4, -0.2) is 59.2 Å². The molecule has 0 spiro atoms. The van der Waals surface area contributed by atoms with E-state index >= 15 is 4.39 Å². The molecule has 3 atom stereocenters. The van der Waals surface area contributed by atoms with Crippen molar-refractivity contribution in [3.05, 3.63) is 25.5 Å². The summed E-state index contributed by atoms with van der Waals surface area (Å²) >= 11 is 6.89. The van der Waals surface area contributed by atoms with Crippen molar-refractivity contribution in [2.24, 2.45) is 5.92 Å². The number of aryl methyl sites for hydroxylation is 1. The third kappa shape index (κ3) is 6.02. The second-order valence-corrected chi connectivity index (χ2v) is 13.7. The number of rotatable bonds is 8. The Bertz CT molecular complexity index is 1370. The highest BCUT2D eigenvalue weighted by Gasteiger charge is 2.59. The normalized spacial score (nSPS) is 19.8. The average molecular weight is 747 g/mol. The first-order chi connectivity index (χ1) is 18.9. The molecule has 1 aliphatic carbocycles. The van der Waals surface area contributed by atoms with Gasteiger partial charge in [-0.15, -0.1) is 11.8 Å². The minimum Gasteiger partial charge on any atom is -0.449 e. The van der Waals surface area contributed by atoms with Crippen LogP contribution in [0.3, 0.4) is 0 Å². The molecule has 2 aromatic rings. The van der Waals surface area contributed by atoms with E-state index in [4.69, 9.17) is 14.7 Å². The van der Waals surface area contributed by atoms with E-state index in [1.165, 1.54) is 11.8 Å². The van der Waals surface area contributed by atoms with E-state index < -0.39 is 17.5 Å². The van der Waals surface area contributed by atoms with Crippen LogP contribution in [0.25, 0.3) is 10.9 Å². The lowest BCUT2D eigenvalue weighted by molar-refractivity contribution is 0.0508. The van der Waals surface area contributed by atoms with Gasteiger partial charge in [-0.1, -0.05) is 13.3 Å². The zero-order valence-electron chi connectivity index (χ0n) is 23.2. The van der Waals surface area contributed by atoms with Crippen molar-refractivity contribution in [1.29, 1.82) is 5.26 Å². The first-order valence-electron chi connectivity index (χ1n) is 13.3. The Hall–Kier alpha value is -1.85. The Morgan fingerprint density at radius 2 is 2.12 bits per heavy atom. The second-order valence-electron chi connectivity index (χ2n) is 11.0. The maximum atomic E-state index is 15.8. The molecular weight excluding hydrogens is 714 g/mol. The topological polar surface area (TPSA) is 95.8 Å². The number of hydrogen-bond acceptors (Lipinski definition) is 7. The molecule has 12 heteroatoms. The molecule has 216 valence electrons. The Morgan fingerprint density at radius 1 is 1.40 bits per heavy atom. The van der Waals surface area contributed by atoms with E-state index in [1.54, 1.807) is 30.6 Å². The number of aromatic nitrogens is 1. The first-order valence-corrected chi connectivity index (χ1v) is 16.4. The summed E-state index contributed by atoms with van der Waals surface area (Å²) in [6.45, 7) is 8.27. The molecule has 1 aromatic heterocycles. The molecule has 1 saturated carbocycles. The zero-order valence-corrected chi connectivity index (χ0v) is 27.8. The lowest BCUT2D eigenvalue weighted by Gasteiger charge is -2.44. The maximum absolute atomic E-state index is 15.8. The number of carbonyl (C=O) groups excluding carboxylic acids is 2. The fraction of sp³-hybridized carbons (Fsp3) is 0.571. The fourth-order valence-corrected chi connectivity index (χ4v) is 7.61. The zero-order chi connectivity index (χ0) is 29.4. The van der Waals surface area contributed by atoms with Crippen LogP contribution in [0, 0.1) is 26.6 Å². The molecule has 2 bridgehead atoms. The van der Waals surface area contributed by atoms with Crippen LogP contribution in [0.1, 0.15) is 58.9 Å². The van der Waals surface area contributed by atoms with Gasteiger partial charge in [0.05, 0.1) is 38.5 Å². The highest BCUT2D eigenvalue weighted by atomic mass is 127. The summed E-state index contributed by atoms with van der Waals surface area (Å²) in [7, 11) is 0.